The zero-order valence-electron chi connectivity index (χ0n) is 18.4. The Balaban J connectivity index is 3.63. The molecule has 0 radical (unpaired) electrons. The Kier molecular flexibility index (Phi) is 19.8. The maximum absolute atomic E-state index is 11.8. The van der Waals surface area contributed by atoms with E-state index in [0.717, 1.165) is 38.5 Å². The van der Waals surface area contributed by atoms with Crippen LogP contribution < -0.4 is 0 Å². The minimum atomic E-state index is -0.754. The monoisotopic (exact) mass is 400 g/mol. The van der Waals surface area contributed by atoms with Crippen molar-refractivity contribution in [3.05, 3.63) is 0 Å². The van der Waals surface area contributed by atoms with E-state index in [1.165, 1.54) is 51.4 Å². The molecule has 0 fully saturated rings. The van der Waals surface area contributed by atoms with Crippen LogP contribution in [-0.2, 0) is 19.1 Å². The topological polar surface area (TPSA) is 72.8 Å². The van der Waals surface area contributed by atoms with E-state index in [0.29, 0.717) is 12.8 Å². The number of hydrogen-bond donors (Lipinski definition) is 1. The van der Waals surface area contributed by atoms with E-state index in [4.69, 9.17) is 9.47 Å². The number of aliphatic hydroxyl groups is 1. The lowest BCUT2D eigenvalue weighted by Crippen LogP contribution is -2.28. The van der Waals surface area contributed by atoms with Crippen LogP contribution in [-0.4, -0.2) is 36.4 Å². The molecular weight excluding hydrogens is 356 g/mol. The number of hydrogen-bond acceptors (Lipinski definition) is 5. The lowest BCUT2D eigenvalue weighted by molar-refractivity contribution is -0.161. The van der Waals surface area contributed by atoms with Crippen LogP contribution in [0, 0.1) is 0 Å². The Morgan fingerprint density at radius 2 is 1.11 bits per heavy atom. The van der Waals surface area contributed by atoms with Gasteiger partial charge in [-0.25, -0.2) is 0 Å². The molecule has 0 amide bonds. The molecule has 5 nitrogen and oxygen atoms in total. The first-order valence-corrected chi connectivity index (χ1v) is 11.6. The van der Waals surface area contributed by atoms with Gasteiger partial charge in [-0.2, -0.15) is 0 Å². The second-order valence-electron chi connectivity index (χ2n) is 7.72. The molecule has 0 aliphatic heterocycles. The summed E-state index contributed by atoms with van der Waals surface area (Å²) >= 11 is 0. The maximum Gasteiger partial charge on any atom is 0.306 e. The number of ether oxygens (including phenoxy) is 2. The summed E-state index contributed by atoms with van der Waals surface area (Å²) in [6, 6.07) is 0. The van der Waals surface area contributed by atoms with E-state index in [2.05, 4.69) is 13.8 Å². The van der Waals surface area contributed by atoms with Crippen LogP contribution in [0.15, 0.2) is 0 Å². The first-order chi connectivity index (χ1) is 13.6. The van der Waals surface area contributed by atoms with E-state index in [1.807, 2.05) is 0 Å². The molecule has 0 saturated carbocycles. The number of unbranched alkanes of at least 4 members (excludes halogenated alkanes) is 12. The van der Waals surface area contributed by atoms with Gasteiger partial charge in [0, 0.05) is 12.8 Å². The molecule has 0 rings (SSSR count). The molecule has 0 aliphatic rings. The van der Waals surface area contributed by atoms with Crippen molar-refractivity contribution in [2.75, 3.05) is 13.2 Å². The fourth-order valence-electron chi connectivity index (χ4n) is 3.08. The van der Waals surface area contributed by atoms with E-state index < -0.39 is 6.10 Å². The lowest BCUT2D eigenvalue weighted by atomic mass is 10.1. The molecule has 0 unspecified atom stereocenters. The molecule has 0 aromatic heterocycles. The molecule has 0 aromatic carbocycles. The third kappa shape index (κ3) is 18.3. The predicted molar refractivity (Wildman–Crippen MR) is 113 cm³/mol. The molecule has 0 aliphatic carbocycles. The fourth-order valence-corrected chi connectivity index (χ4v) is 3.08. The molecule has 0 bridgehead atoms. The Morgan fingerprint density at radius 3 is 1.57 bits per heavy atom. The summed E-state index contributed by atoms with van der Waals surface area (Å²) in [5.41, 5.74) is 0. The SMILES string of the molecule is CCCCCCCCCCCC(=O)OC[C@H](CO)OC(=O)CCCCCCC. The highest BCUT2D eigenvalue weighted by molar-refractivity contribution is 5.70. The Labute approximate surface area is 172 Å². The van der Waals surface area contributed by atoms with Gasteiger partial charge in [-0.05, 0) is 12.8 Å². The van der Waals surface area contributed by atoms with Gasteiger partial charge in [0.1, 0.15) is 6.61 Å². The highest BCUT2D eigenvalue weighted by Gasteiger charge is 2.15. The van der Waals surface area contributed by atoms with Crippen LogP contribution >= 0.6 is 0 Å². The van der Waals surface area contributed by atoms with Gasteiger partial charge in [-0.3, -0.25) is 9.59 Å². The van der Waals surface area contributed by atoms with E-state index >= 15 is 0 Å². The maximum atomic E-state index is 11.8. The number of carbonyl (C=O) groups excluding carboxylic acids is 2. The van der Waals surface area contributed by atoms with Crippen LogP contribution in [0.25, 0.3) is 0 Å². The third-order valence-corrected chi connectivity index (χ3v) is 4.90. The Morgan fingerprint density at radius 1 is 0.679 bits per heavy atom. The standard InChI is InChI=1S/C23H44O5/c1-3-5-7-9-10-11-12-14-15-17-22(25)27-20-21(19-24)28-23(26)18-16-13-8-6-4-2/h21,24H,3-20H2,1-2H3/t21-/m0/s1. The van der Waals surface area contributed by atoms with Crippen molar-refractivity contribution in [2.45, 2.75) is 123 Å². The van der Waals surface area contributed by atoms with Gasteiger partial charge in [-0.15, -0.1) is 0 Å². The highest BCUT2D eigenvalue weighted by Crippen LogP contribution is 2.11. The van der Waals surface area contributed by atoms with Gasteiger partial charge in [0.25, 0.3) is 0 Å². The van der Waals surface area contributed by atoms with Crippen LogP contribution in [0.5, 0.6) is 0 Å². The van der Waals surface area contributed by atoms with Gasteiger partial charge in [0.05, 0.1) is 6.61 Å². The summed E-state index contributed by atoms with van der Waals surface area (Å²) in [6.45, 7) is 3.99. The zero-order valence-corrected chi connectivity index (χ0v) is 18.4. The Bertz CT molecular complexity index is 370. The molecule has 0 aromatic rings. The summed E-state index contributed by atoms with van der Waals surface area (Å²) in [5.74, 6) is -0.609. The number of rotatable bonds is 20. The predicted octanol–water partition coefficient (Wildman–Crippen LogP) is 5.72. The van der Waals surface area contributed by atoms with Crippen molar-refractivity contribution in [3.63, 3.8) is 0 Å². The van der Waals surface area contributed by atoms with Gasteiger partial charge in [0.2, 0.25) is 0 Å². The molecule has 28 heavy (non-hydrogen) atoms. The van der Waals surface area contributed by atoms with Gasteiger partial charge in [-0.1, -0.05) is 90.9 Å². The van der Waals surface area contributed by atoms with Crippen molar-refractivity contribution >= 4 is 11.9 Å². The minimum Gasteiger partial charge on any atom is -0.462 e. The quantitative estimate of drug-likeness (QED) is 0.209. The summed E-state index contributed by atoms with van der Waals surface area (Å²) < 4.78 is 10.3. The molecule has 1 atom stereocenters. The van der Waals surface area contributed by atoms with E-state index in [1.54, 1.807) is 0 Å². The molecule has 1 N–H and O–H groups in total. The molecule has 0 saturated heterocycles. The van der Waals surface area contributed by atoms with Gasteiger partial charge in [0.15, 0.2) is 6.10 Å². The third-order valence-electron chi connectivity index (χ3n) is 4.90. The second-order valence-corrected chi connectivity index (χ2v) is 7.72. The number of esters is 2. The van der Waals surface area contributed by atoms with Crippen molar-refractivity contribution in [1.82, 2.24) is 0 Å². The molecule has 5 heteroatoms. The average Bonchev–Trinajstić information content (AvgIpc) is 2.69. The minimum absolute atomic E-state index is 0.0612. The first-order valence-electron chi connectivity index (χ1n) is 11.6. The highest BCUT2D eigenvalue weighted by atomic mass is 16.6. The van der Waals surface area contributed by atoms with E-state index in [9.17, 15) is 14.7 Å². The first kappa shape index (κ1) is 26.9. The second kappa shape index (κ2) is 20.6. The summed E-state index contributed by atoms with van der Waals surface area (Å²) in [5, 5.41) is 9.31. The van der Waals surface area contributed by atoms with Crippen LogP contribution in [0.4, 0.5) is 0 Å². The fraction of sp³-hybridized carbons (Fsp3) is 0.913. The van der Waals surface area contributed by atoms with Crippen LogP contribution in [0.3, 0.4) is 0 Å². The molecular formula is C23H44O5. The number of carbonyl (C=O) groups is 2. The van der Waals surface area contributed by atoms with E-state index in [-0.39, 0.29) is 25.2 Å². The molecule has 166 valence electrons. The normalized spacial score (nSPS) is 12.0. The number of aliphatic hydroxyl groups excluding tert-OH is 1. The summed E-state index contributed by atoms with van der Waals surface area (Å²) in [7, 11) is 0. The van der Waals surface area contributed by atoms with Crippen molar-refractivity contribution < 1.29 is 24.2 Å². The lowest BCUT2D eigenvalue weighted by Gasteiger charge is -2.15. The van der Waals surface area contributed by atoms with Crippen molar-refractivity contribution in [2.24, 2.45) is 0 Å². The van der Waals surface area contributed by atoms with Crippen LogP contribution in [0.2, 0.25) is 0 Å². The van der Waals surface area contributed by atoms with Crippen LogP contribution in [0.1, 0.15) is 117 Å². The summed E-state index contributed by atoms with van der Waals surface area (Å²) in [6.07, 6.45) is 16.1. The Hall–Kier alpha value is -1.10. The van der Waals surface area contributed by atoms with Gasteiger partial charge >= 0.3 is 11.9 Å². The average molecular weight is 401 g/mol. The molecule has 0 spiro atoms. The van der Waals surface area contributed by atoms with Gasteiger partial charge < -0.3 is 14.6 Å². The largest absolute Gasteiger partial charge is 0.462 e. The van der Waals surface area contributed by atoms with Crippen molar-refractivity contribution in [1.29, 1.82) is 0 Å². The molecule has 0 heterocycles. The summed E-state index contributed by atoms with van der Waals surface area (Å²) in [4.78, 5) is 23.6. The zero-order chi connectivity index (χ0) is 20.9. The van der Waals surface area contributed by atoms with Crippen molar-refractivity contribution in [3.8, 4) is 0 Å². The smallest absolute Gasteiger partial charge is 0.306 e.